The smallest absolute Gasteiger partial charge is 0.298 e. The van der Waals surface area contributed by atoms with Gasteiger partial charge in [0, 0.05) is 12.1 Å². The average molecular weight is 439 g/mol. The lowest BCUT2D eigenvalue weighted by atomic mass is 9.96. The van der Waals surface area contributed by atoms with E-state index in [1.54, 1.807) is 10.6 Å². The number of carbonyl (C=O) groups excluding carboxylic acids is 1. The van der Waals surface area contributed by atoms with Gasteiger partial charge in [-0.05, 0) is 74.3 Å². The van der Waals surface area contributed by atoms with Crippen molar-refractivity contribution in [2.24, 2.45) is 5.92 Å². The second kappa shape index (κ2) is 9.15. The molecule has 1 aliphatic heterocycles. The van der Waals surface area contributed by atoms with E-state index in [2.05, 4.69) is 4.90 Å². The Labute approximate surface area is 177 Å². The standard InChI is InChI=1S/C21H20F2N2O2S.ClH/c22-16-3-1-15(2-4-16)19(26)13-24-9-7-14(8-10-24)12-25-18-6-5-17(23)11-20(18)28-21(25)27;/h1-6,11,14H,7-10,12-13H2;1H. The van der Waals surface area contributed by atoms with Gasteiger partial charge in [-0.15, -0.1) is 12.4 Å². The Morgan fingerprint density at radius 3 is 2.38 bits per heavy atom. The van der Waals surface area contributed by atoms with Gasteiger partial charge in [0.05, 0.1) is 16.8 Å². The number of hydrogen-bond acceptors (Lipinski definition) is 4. The molecule has 8 heteroatoms. The van der Waals surface area contributed by atoms with Crippen molar-refractivity contribution in [3.05, 3.63) is 69.3 Å². The zero-order chi connectivity index (χ0) is 19.7. The van der Waals surface area contributed by atoms with Gasteiger partial charge in [0.2, 0.25) is 0 Å². The minimum absolute atomic E-state index is 0. The van der Waals surface area contributed by atoms with E-state index < -0.39 is 0 Å². The van der Waals surface area contributed by atoms with E-state index in [-0.39, 0.29) is 34.7 Å². The summed E-state index contributed by atoms with van der Waals surface area (Å²) >= 11 is 1.07. The zero-order valence-corrected chi connectivity index (χ0v) is 17.3. The van der Waals surface area contributed by atoms with Gasteiger partial charge in [-0.1, -0.05) is 11.3 Å². The molecule has 0 saturated carbocycles. The number of nitrogens with zero attached hydrogens (tertiary/aromatic N) is 2. The minimum Gasteiger partial charge on any atom is -0.298 e. The number of aromatic nitrogens is 1. The van der Waals surface area contributed by atoms with Crippen molar-refractivity contribution in [2.45, 2.75) is 19.4 Å². The highest BCUT2D eigenvalue weighted by atomic mass is 35.5. The van der Waals surface area contributed by atoms with Gasteiger partial charge in [-0.3, -0.25) is 19.1 Å². The normalized spacial score (nSPS) is 15.4. The van der Waals surface area contributed by atoms with Crippen molar-refractivity contribution in [1.82, 2.24) is 9.47 Å². The number of Topliss-reactive ketones (excluding diaryl/α,β-unsaturated/α-hetero) is 1. The predicted molar refractivity (Wildman–Crippen MR) is 113 cm³/mol. The van der Waals surface area contributed by atoms with Gasteiger partial charge in [0.25, 0.3) is 0 Å². The number of halogens is 3. The highest BCUT2D eigenvalue weighted by Gasteiger charge is 2.23. The Balaban J connectivity index is 0.00000240. The summed E-state index contributed by atoms with van der Waals surface area (Å²) in [5, 5.41) is 0. The number of rotatable bonds is 5. The first kappa shape index (κ1) is 21.6. The maximum atomic E-state index is 13.4. The average Bonchev–Trinajstić information content (AvgIpc) is 2.98. The van der Waals surface area contributed by atoms with Crippen LogP contribution in [0.5, 0.6) is 0 Å². The van der Waals surface area contributed by atoms with Crippen LogP contribution in [0.2, 0.25) is 0 Å². The van der Waals surface area contributed by atoms with Crippen molar-refractivity contribution >= 4 is 39.7 Å². The van der Waals surface area contributed by atoms with E-state index in [1.807, 2.05) is 0 Å². The summed E-state index contributed by atoms with van der Waals surface area (Å²) in [6.07, 6.45) is 1.78. The van der Waals surface area contributed by atoms with Crippen LogP contribution >= 0.6 is 23.7 Å². The fourth-order valence-electron chi connectivity index (χ4n) is 3.73. The molecule has 1 fully saturated rings. The summed E-state index contributed by atoms with van der Waals surface area (Å²) in [6, 6.07) is 10.1. The summed E-state index contributed by atoms with van der Waals surface area (Å²) in [5.41, 5.74) is 1.30. The zero-order valence-electron chi connectivity index (χ0n) is 15.6. The number of likely N-dealkylation sites (tertiary alicyclic amines) is 1. The van der Waals surface area contributed by atoms with Crippen molar-refractivity contribution in [3.63, 3.8) is 0 Å². The summed E-state index contributed by atoms with van der Waals surface area (Å²) in [7, 11) is 0. The van der Waals surface area contributed by atoms with E-state index >= 15 is 0 Å². The number of hydrogen-bond donors (Lipinski definition) is 0. The van der Waals surface area contributed by atoms with Crippen LogP contribution in [0, 0.1) is 17.6 Å². The lowest BCUT2D eigenvalue weighted by Crippen LogP contribution is -2.38. The number of piperidine rings is 1. The molecule has 3 aromatic rings. The first-order valence-electron chi connectivity index (χ1n) is 9.29. The number of thiazole rings is 1. The lowest BCUT2D eigenvalue weighted by Gasteiger charge is -2.31. The highest BCUT2D eigenvalue weighted by molar-refractivity contribution is 7.16. The molecule has 4 nitrogen and oxygen atoms in total. The monoisotopic (exact) mass is 438 g/mol. The van der Waals surface area contributed by atoms with E-state index in [0.29, 0.717) is 29.3 Å². The summed E-state index contributed by atoms with van der Waals surface area (Å²) in [4.78, 5) is 26.7. The van der Waals surface area contributed by atoms with Crippen LogP contribution in [0.25, 0.3) is 10.2 Å². The molecule has 0 atom stereocenters. The third-order valence-corrected chi connectivity index (χ3v) is 6.25. The summed E-state index contributed by atoms with van der Waals surface area (Å²) in [6.45, 7) is 2.50. The topological polar surface area (TPSA) is 42.3 Å². The van der Waals surface area contributed by atoms with Crippen molar-refractivity contribution in [1.29, 1.82) is 0 Å². The Hall–Kier alpha value is -2.09. The molecule has 0 radical (unpaired) electrons. The molecule has 1 aliphatic rings. The van der Waals surface area contributed by atoms with Gasteiger partial charge >= 0.3 is 4.87 Å². The molecule has 2 aromatic carbocycles. The van der Waals surface area contributed by atoms with Crippen molar-refractivity contribution in [2.75, 3.05) is 19.6 Å². The first-order valence-corrected chi connectivity index (χ1v) is 10.1. The molecule has 0 amide bonds. The van der Waals surface area contributed by atoms with Crippen LogP contribution in [0.15, 0.2) is 47.3 Å². The first-order chi connectivity index (χ1) is 13.5. The third-order valence-electron chi connectivity index (χ3n) is 5.31. The Kier molecular flexibility index (Phi) is 6.82. The van der Waals surface area contributed by atoms with E-state index in [9.17, 15) is 18.4 Å². The molecule has 0 aliphatic carbocycles. The Morgan fingerprint density at radius 1 is 1.03 bits per heavy atom. The third kappa shape index (κ3) is 4.91. The van der Waals surface area contributed by atoms with Crippen LogP contribution in [-0.2, 0) is 6.54 Å². The molecule has 0 N–H and O–H groups in total. The molecule has 0 spiro atoms. The number of ketones is 1. The van der Waals surface area contributed by atoms with Crippen LogP contribution in [0.1, 0.15) is 23.2 Å². The van der Waals surface area contributed by atoms with Gasteiger partial charge < -0.3 is 0 Å². The largest absolute Gasteiger partial charge is 0.308 e. The molecular formula is C21H21ClF2N2O2S. The summed E-state index contributed by atoms with van der Waals surface area (Å²) < 4.78 is 28.8. The van der Waals surface area contributed by atoms with Gasteiger partial charge in [-0.25, -0.2) is 8.78 Å². The predicted octanol–water partition coefficient (Wildman–Crippen LogP) is 4.36. The van der Waals surface area contributed by atoms with E-state index in [4.69, 9.17) is 0 Å². The van der Waals surface area contributed by atoms with Gasteiger partial charge in [-0.2, -0.15) is 0 Å². The number of benzene rings is 2. The quantitative estimate of drug-likeness (QED) is 0.556. The molecule has 1 aromatic heterocycles. The van der Waals surface area contributed by atoms with E-state index in [0.717, 1.165) is 42.8 Å². The van der Waals surface area contributed by atoms with Crippen molar-refractivity contribution in [3.8, 4) is 0 Å². The molecule has 4 rings (SSSR count). The van der Waals surface area contributed by atoms with Gasteiger partial charge in [0.1, 0.15) is 11.6 Å². The minimum atomic E-state index is -0.351. The lowest BCUT2D eigenvalue weighted by molar-refractivity contribution is 0.0890. The van der Waals surface area contributed by atoms with Gasteiger partial charge in [0.15, 0.2) is 5.78 Å². The van der Waals surface area contributed by atoms with Crippen LogP contribution in [-0.4, -0.2) is 34.9 Å². The summed E-state index contributed by atoms with van der Waals surface area (Å²) in [5.74, 6) is -0.352. The van der Waals surface area contributed by atoms with Crippen LogP contribution < -0.4 is 4.87 Å². The highest BCUT2D eigenvalue weighted by Crippen LogP contribution is 2.23. The molecule has 0 unspecified atom stereocenters. The Bertz CT molecular complexity index is 1060. The maximum Gasteiger partial charge on any atom is 0.308 e. The molecule has 0 bridgehead atoms. The molecule has 29 heavy (non-hydrogen) atoms. The molecule has 154 valence electrons. The second-order valence-electron chi connectivity index (χ2n) is 7.24. The fourth-order valence-corrected chi connectivity index (χ4v) is 4.65. The van der Waals surface area contributed by atoms with E-state index in [1.165, 1.54) is 36.4 Å². The fraction of sp³-hybridized carbons (Fsp3) is 0.333. The second-order valence-corrected chi connectivity index (χ2v) is 8.23. The maximum absolute atomic E-state index is 13.4. The molecular weight excluding hydrogens is 418 g/mol. The number of fused-ring (bicyclic) bond motifs is 1. The van der Waals surface area contributed by atoms with Crippen molar-refractivity contribution < 1.29 is 13.6 Å². The number of carbonyl (C=O) groups is 1. The molecule has 1 saturated heterocycles. The molecule has 2 heterocycles. The van der Waals surface area contributed by atoms with Crippen LogP contribution in [0.4, 0.5) is 8.78 Å². The Morgan fingerprint density at radius 2 is 1.69 bits per heavy atom. The SMILES string of the molecule is Cl.O=C(CN1CCC(Cn2c(=O)sc3cc(F)ccc32)CC1)c1ccc(F)cc1. The van der Waals surface area contributed by atoms with Crippen LogP contribution in [0.3, 0.4) is 0 Å².